The van der Waals surface area contributed by atoms with Gasteiger partial charge in [0.05, 0.1) is 6.10 Å². The van der Waals surface area contributed by atoms with Crippen LogP contribution < -0.4 is 0 Å². The predicted octanol–water partition coefficient (Wildman–Crippen LogP) is 5.62. The molecule has 1 amide bonds. The SMILES string of the molecule is C[Si](C)OC1[C@H](C(C)(C)C)CN(C(=O)OC(C)(C)C)[C@]1(O)Cc1cccc2ccccc12. The van der Waals surface area contributed by atoms with E-state index in [1.54, 1.807) is 0 Å². The number of benzene rings is 2. The van der Waals surface area contributed by atoms with Gasteiger partial charge in [-0.05, 0) is 55.6 Å². The van der Waals surface area contributed by atoms with Gasteiger partial charge in [0.15, 0.2) is 5.72 Å². The number of carbonyl (C=O) groups is 1. The minimum absolute atomic E-state index is 0.0325. The summed E-state index contributed by atoms with van der Waals surface area (Å²) in [6.45, 7) is 16.5. The van der Waals surface area contributed by atoms with Gasteiger partial charge in [-0.2, -0.15) is 0 Å². The first-order valence-corrected chi connectivity index (χ1v) is 13.8. The van der Waals surface area contributed by atoms with Gasteiger partial charge in [0, 0.05) is 18.9 Å². The molecule has 1 aliphatic rings. The summed E-state index contributed by atoms with van der Waals surface area (Å²) in [6.07, 6.45) is -0.723. The molecular formula is C26H38NO4Si. The third-order valence-corrected chi connectivity index (χ3v) is 6.81. The van der Waals surface area contributed by atoms with Crippen molar-refractivity contribution in [3.8, 4) is 0 Å². The molecular weight excluding hydrogens is 418 g/mol. The van der Waals surface area contributed by atoms with Gasteiger partial charge in [0.1, 0.15) is 5.60 Å². The molecule has 1 aliphatic heterocycles. The van der Waals surface area contributed by atoms with E-state index in [1.807, 2.05) is 45.0 Å². The van der Waals surface area contributed by atoms with Crippen LogP contribution in [0, 0.1) is 11.3 Å². The zero-order valence-corrected chi connectivity index (χ0v) is 21.7. The Kier molecular flexibility index (Phi) is 6.81. The quantitative estimate of drug-likeness (QED) is 0.607. The minimum Gasteiger partial charge on any atom is -0.444 e. The lowest BCUT2D eigenvalue weighted by molar-refractivity contribution is -0.136. The Hall–Kier alpha value is -1.89. The Balaban J connectivity index is 2.11. The summed E-state index contributed by atoms with van der Waals surface area (Å²) in [4.78, 5) is 14.8. The number of amides is 1. The van der Waals surface area contributed by atoms with E-state index in [1.165, 1.54) is 4.90 Å². The molecule has 2 aromatic rings. The molecule has 175 valence electrons. The molecule has 0 saturated carbocycles. The van der Waals surface area contributed by atoms with Gasteiger partial charge in [0.25, 0.3) is 0 Å². The van der Waals surface area contributed by atoms with Crippen molar-refractivity contribution in [2.24, 2.45) is 11.3 Å². The first-order valence-electron chi connectivity index (χ1n) is 11.4. The highest BCUT2D eigenvalue weighted by Gasteiger charge is 2.59. The van der Waals surface area contributed by atoms with Crippen LogP contribution in [0.4, 0.5) is 4.79 Å². The Morgan fingerprint density at radius 3 is 2.31 bits per heavy atom. The molecule has 1 radical (unpaired) electrons. The molecule has 1 unspecified atom stereocenters. The standard InChI is InChI=1S/C26H38NO4Si/c1-24(2,3)21-17-27(23(28)30-25(4,5)6)26(29,22(21)31-32(7)8)16-19-14-11-13-18-12-9-10-15-20(18)19/h9-15,21-22,29H,16-17H2,1-8H3/t21-,22?,26+/m1/s1. The number of nitrogens with zero attached hydrogens (tertiary/aromatic N) is 1. The number of fused-ring (bicyclic) bond motifs is 1. The van der Waals surface area contributed by atoms with E-state index in [9.17, 15) is 9.90 Å². The second-order valence-corrected chi connectivity index (χ2v) is 13.3. The van der Waals surface area contributed by atoms with Gasteiger partial charge in [0.2, 0.25) is 9.04 Å². The van der Waals surface area contributed by atoms with Crippen LogP contribution in [0.3, 0.4) is 0 Å². The highest BCUT2D eigenvalue weighted by atomic mass is 28.3. The molecule has 0 bridgehead atoms. The molecule has 2 aromatic carbocycles. The van der Waals surface area contributed by atoms with Crippen LogP contribution in [0.1, 0.15) is 47.1 Å². The maximum Gasteiger partial charge on any atom is 0.412 e. The minimum atomic E-state index is -1.51. The number of hydrogen-bond donors (Lipinski definition) is 1. The van der Waals surface area contributed by atoms with Crippen LogP contribution >= 0.6 is 0 Å². The molecule has 6 heteroatoms. The third-order valence-electron chi connectivity index (χ3n) is 6.09. The number of hydrogen-bond acceptors (Lipinski definition) is 4. The second-order valence-electron chi connectivity index (χ2n) is 11.2. The van der Waals surface area contributed by atoms with Crippen molar-refractivity contribution >= 4 is 25.9 Å². The molecule has 1 fully saturated rings. The smallest absolute Gasteiger partial charge is 0.412 e. The van der Waals surface area contributed by atoms with Crippen molar-refractivity contribution in [1.82, 2.24) is 4.90 Å². The molecule has 1 heterocycles. The molecule has 0 aliphatic carbocycles. The topological polar surface area (TPSA) is 59.0 Å². The van der Waals surface area contributed by atoms with Gasteiger partial charge in [-0.25, -0.2) is 4.79 Å². The number of likely N-dealkylation sites (tertiary alicyclic amines) is 1. The van der Waals surface area contributed by atoms with Gasteiger partial charge in [-0.15, -0.1) is 0 Å². The predicted molar refractivity (Wildman–Crippen MR) is 131 cm³/mol. The number of carbonyl (C=O) groups excluding carboxylic acids is 1. The molecule has 5 nitrogen and oxygen atoms in total. The summed E-state index contributed by atoms with van der Waals surface area (Å²) in [5, 5.41) is 14.5. The number of aliphatic hydroxyl groups is 1. The van der Waals surface area contributed by atoms with E-state index in [2.05, 4.69) is 52.1 Å². The van der Waals surface area contributed by atoms with Crippen LogP contribution in [-0.4, -0.2) is 49.1 Å². The summed E-state index contributed by atoms with van der Waals surface area (Å²) >= 11 is 0. The first kappa shape index (κ1) is 24.7. The highest BCUT2D eigenvalue weighted by Crippen LogP contribution is 2.45. The molecule has 0 spiro atoms. The number of rotatable bonds is 4. The van der Waals surface area contributed by atoms with E-state index in [4.69, 9.17) is 9.16 Å². The van der Waals surface area contributed by atoms with E-state index in [-0.39, 0.29) is 17.8 Å². The average molecular weight is 457 g/mol. The van der Waals surface area contributed by atoms with Gasteiger partial charge in [-0.3, -0.25) is 4.90 Å². The number of ether oxygens (including phenoxy) is 1. The van der Waals surface area contributed by atoms with Crippen LogP contribution in [0.2, 0.25) is 13.1 Å². The average Bonchev–Trinajstić information content (AvgIpc) is 2.93. The van der Waals surface area contributed by atoms with Crippen molar-refractivity contribution in [2.45, 2.75) is 78.5 Å². The van der Waals surface area contributed by atoms with Crippen molar-refractivity contribution in [3.05, 3.63) is 48.0 Å². The zero-order chi connectivity index (χ0) is 23.9. The summed E-state index contributed by atoms with van der Waals surface area (Å²) in [5.74, 6) is -0.0325. The fraction of sp³-hybridized carbons (Fsp3) is 0.577. The molecule has 0 aromatic heterocycles. The Morgan fingerprint density at radius 2 is 1.72 bits per heavy atom. The monoisotopic (exact) mass is 456 g/mol. The molecule has 32 heavy (non-hydrogen) atoms. The largest absolute Gasteiger partial charge is 0.444 e. The Bertz CT molecular complexity index is 957. The van der Waals surface area contributed by atoms with Crippen LogP contribution in [0.25, 0.3) is 10.8 Å². The van der Waals surface area contributed by atoms with Crippen molar-refractivity contribution in [1.29, 1.82) is 0 Å². The summed E-state index contributed by atoms with van der Waals surface area (Å²) < 4.78 is 12.2. The zero-order valence-electron chi connectivity index (χ0n) is 20.7. The summed E-state index contributed by atoms with van der Waals surface area (Å²) in [7, 11) is -1.14. The third kappa shape index (κ3) is 5.19. The van der Waals surface area contributed by atoms with Crippen molar-refractivity contribution in [2.75, 3.05) is 6.54 Å². The lowest BCUT2D eigenvalue weighted by Gasteiger charge is -2.40. The van der Waals surface area contributed by atoms with E-state index < -0.39 is 32.6 Å². The van der Waals surface area contributed by atoms with Crippen LogP contribution in [0.5, 0.6) is 0 Å². The molecule has 3 rings (SSSR count). The van der Waals surface area contributed by atoms with Crippen LogP contribution in [-0.2, 0) is 15.6 Å². The van der Waals surface area contributed by atoms with Gasteiger partial charge < -0.3 is 14.3 Å². The Labute approximate surface area is 194 Å². The highest BCUT2D eigenvalue weighted by molar-refractivity contribution is 6.48. The van der Waals surface area contributed by atoms with Gasteiger partial charge >= 0.3 is 6.09 Å². The fourth-order valence-electron chi connectivity index (χ4n) is 4.56. The molecule has 1 saturated heterocycles. The van der Waals surface area contributed by atoms with E-state index >= 15 is 0 Å². The normalized spacial score (nSPS) is 24.4. The maximum atomic E-state index is 13.3. The van der Waals surface area contributed by atoms with Crippen molar-refractivity contribution < 1.29 is 19.1 Å². The molecule has 1 N–H and O–H groups in total. The van der Waals surface area contributed by atoms with Crippen LogP contribution in [0.15, 0.2) is 42.5 Å². The van der Waals surface area contributed by atoms with Gasteiger partial charge in [-0.1, -0.05) is 63.2 Å². The lowest BCUT2D eigenvalue weighted by atomic mass is 9.76. The first-order chi connectivity index (χ1) is 14.7. The second kappa shape index (κ2) is 8.80. The fourth-order valence-corrected chi connectivity index (χ4v) is 5.42. The maximum absolute atomic E-state index is 13.3. The lowest BCUT2D eigenvalue weighted by Crippen LogP contribution is -2.57. The van der Waals surface area contributed by atoms with E-state index in [0.717, 1.165) is 16.3 Å². The van der Waals surface area contributed by atoms with E-state index in [0.29, 0.717) is 6.54 Å². The molecule has 3 atom stereocenters. The Morgan fingerprint density at radius 1 is 1.09 bits per heavy atom. The summed E-state index contributed by atoms with van der Waals surface area (Å²) in [5.41, 5.74) is -1.33. The summed E-state index contributed by atoms with van der Waals surface area (Å²) in [6, 6.07) is 14.2. The van der Waals surface area contributed by atoms with Crippen molar-refractivity contribution in [3.63, 3.8) is 0 Å².